The fourth-order valence-corrected chi connectivity index (χ4v) is 2.30. The van der Waals surface area contributed by atoms with Gasteiger partial charge in [0.1, 0.15) is 0 Å². The van der Waals surface area contributed by atoms with Crippen LogP contribution in [0.15, 0.2) is 0 Å². The van der Waals surface area contributed by atoms with E-state index in [4.69, 9.17) is 5.11 Å². The molecule has 0 aliphatic heterocycles. The minimum absolute atomic E-state index is 0.185. The van der Waals surface area contributed by atoms with Crippen LogP contribution in [0.25, 0.3) is 0 Å². The van der Waals surface area contributed by atoms with E-state index in [1.807, 2.05) is 0 Å². The van der Waals surface area contributed by atoms with Gasteiger partial charge < -0.3 is 5.11 Å². The third-order valence-electron chi connectivity index (χ3n) is 3.28. The SMILES string of the molecule is OC(F)(F)C(F)(F)C1CCC(CC(F)(F)F)CC1. The average molecular weight is 282 g/mol. The summed E-state index contributed by atoms with van der Waals surface area (Å²) < 4.78 is 86.8. The van der Waals surface area contributed by atoms with Gasteiger partial charge in [-0.2, -0.15) is 30.7 Å². The highest BCUT2D eigenvalue weighted by atomic mass is 19.4. The van der Waals surface area contributed by atoms with Crippen LogP contribution < -0.4 is 0 Å². The summed E-state index contributed by atoms with van der Waals surface area (Å²) in [6.07, 6.45) is -11.8. The van der Waals surface area contributed by atoms with Crippen LogP contribution in [-0.4, -0.2) is 23.3 Å². The maximum absolute atomic E-state index is 13.1. The smallest absolute Gasteiger partial charge is 0.332 e. The molecule has 108 valence electrons. The standard InChI is InChI=1S/C10H13F7O/c11-8(12,13)5-6-1-3-7(4-2-6)9(14,15)10(16,17)18/h6-7,18H,1-5H2. The molecule has 1 aliphatic carbocycles. The quantitative estimate of drug-likeness (QED) is 0.777. The normalized spacial score (nSPS) is 27.3. The lowest BCUT2D eigenvalue weighted by Crippen LogP contribution is -2.47. The van der Waals surface area contributed by atoms with Gasteiger partial charge in [-0.1, -0.05) is 0 Å². The summed E-state index contributed by atoms with van der Waals surface area (Å²) in [5.41, 5.74) is 0. The first kappa shape index (κ1) is 15.5. The van der Waals surface area contributed by atoms with Crippen molar-refractivity contribution in [2.75, 3.05) is 0 Å². The van der Waals surface area contributed by atoms with Gasteiger partial charge >= 0.3 is 18.2 Å². The molecule has 1 nitrogen and oxygen atoms in total. The molecule has 1 rings (SSSR count). The van der Waals surface area contributed by atoms with Crippen LogP contribution in [0.4, 0.5) is 30.7 Å². The molecule has 8 heteroatoms. The number of hydrogen-bond acceptors (Lipinski definition) is 1. The largest absolute Gasteiger partial charge is 0.417 e. The Morgan fingerprint density at radius 1 is 0.833 bits per heavy atom. The lowest BCUT2D eigenvalue weighted by molar-refractivity contribution is -0.345. The van der Waals surface area contributed by atoms with E-state index in [1.54, 1.807) is 0 Å². The predicted octanol–water partition coefficient (Wildman–Crippen LogP) is 3.97. The summed E-state index contributed by atoms with van der Waals surface area (Å²) >= 11 is 0. The molecule has 0 bridgehead atoms. The number of halogens is 7. The Morgan fingerprint density at radius 3 is 1.61 bits per heavy atom. The molecular formula is C10H13F7O. The second-order valence-electron chi connectivity index (χ2n) is 4.70. The van der Waals surface area contributed by atoms with E-state index in [9.17, 15) is 30.7 Å². The third-order valence-corrected chi connectivity index (χ3v) is 3.28. The molecule has 1 saturated carbocycles. The van der Waals surface area contributed by atoms with Crippen LogP contribution in [0.1, 0.15) is 32.1 Å². The molecule has 0 radical (unpaired) electrons. The van der Waals surface area contributed by atoms with Gasteiger partial charge in [0.05, 0.1) is 0 Å². The highest BCUT2D eigenvalue weighted by Crippen LogP contribution is 2.47. The van der Waals surface area contributed by atoms with Crippen molar-refractivity contribution in [3.63, 3.8) is 0 Å². The van der Waals surface area contributed by atoms with Gasteiger partial charge in [0.2, 0.25) is 0 Å². The summed E-state index contributed by atoms with van der Waals surface area (Å²) in [5.74, 6) is -7.16. The Kier molecular flexibility index (Phi) is 4.19. The first-order valence-corrected chi connectivity index (χ1v) is 5.48. The van der Waals surface area contributed by atoms with E-state index >= 15 is 0 Å². The lowest BCUT2D eigenvalue weighted by Gasteiger charge is -2.35. The molecular weight excluding hydrogens is 269 g/mol. The van der Waals surface area contributed by atoms with Crippen molar-refractivity contribution in [3.05, 3.63) is 0 Å². The zero-order chi connectivity index (χ0) is 14.2. The zero-order valence-corrected chi connectivity index (χ0v) is 9.28. The Balaban J connectivity index is 2.54. The number of rotatable bonds is 3. The summed E-state index contributed by atoms with van der Waals surface area (Å²) in [5, 5.41) is 8.09. The van der Waals surface area contributed by atoms with Crippen molar-refractivity contribution in [1.82, 2.24) is 0 Å². The molecule has 0 spiro atoms. The van der Waals surface area contributed by atoms with E-state index in [2.05, 4.69) is 0 Å². The maximum atomic E-state index is 13.1. The Hall–Kier alpha value is -0.530. The Morgan fingerprint density at radius 2 is 1.28 bits per heavy atom. The van der Waals surface area contributed by atoms with Crippen molar-refractivity contribution in [3.8, 4) is 0 Å². The van der Waals surface area contributed by atoms with E-state index in [1.165, 1.54) is 0 Å². The molecule has 1 fully saturated rings. The molecule has 0 heterocycles. The van der Waals surface area contributed by atoms with Crippen LogP contribution in [0.5, 0.6) is 0 Å². The third kappa shape index (κ3) is 3.73. The molecule has 0 aromatic carbocycles. The van der Waals surface area contributed by atoms with Crippen molar-refractivity contribution < 1.29 is 35.8 Å². The van der Waals surface area contributed by atoms with Crippen LogP contribution in [-0.2, 0) is 0 Å². The van der Waals surface area contributed by atoms with Crippen LogP contribution in [0, 0.1) is 11.8 Å². The topological polar surface area (TPSA) is 20.2 Å². The van der Waals surface area contributed by atoms with E-state index < -0.39 is 49.3 Å². The van der Waals surface area contributed by atoms with Gasteiger partial charge in [-0.25, -0.2) is 0 Å². The summed E-state index contributed by atoms with van der Waals surface area (Å²) in [6, 6.07) is 0. The van der Waals surface area contributed by atoms with Crippen molar-refractivity contribution in [2.45, 2.75) is 50.3 Å². The summed E-state index contributed by atoms with van der Waals surface area (Å²) in [4.78, 5) is 0. The second-order valence-corrected chi connectivity index (χ2v) is 4.70. The molecule has 0 aromatic rings. The zero-order valence-electron chi connectivity index (χ0n) is 9.28. The maximum Gasteiger partial charge on any atom is 0.417 e. The fraction of sp³-hybridized carbons (Fsp3) is 1.00. The highest BCUT2D eigenvalue weighted by Gasteiger charge is 2.60. The first-order valence-electron chi connectivity index (χ1n) is 5.48. The van der Waals surface area contributed by atoms with E-state index in [-0.39, 0.29) is 12.8 Å². The fourth-order valence-electron chi connectivity index (χ4n) is 2.30. The van der Waals surface area contributed by atoms with Gasteiger partial charge in [-0.3, -0.25) is 0 Å². The lowest BCUT2D eigenvalue weighted by atomic mass is 9.77. The monoisotopic (exact) mass is 282 g/mol. The van der Waals surface area contributed by atoms with Crippen LogP contribution >= 0.6 is 0 Å². The molecule has 1 aliphatic rings. The first-order chi connectivity index (χ1) is 7.93. The molecule has 1 N–H and O–H groups in total. The molecule has 0 aromatic heterocycles. The molecule has 0 unspecified atom stereocenters. The number of hydrogen-bond donors (Lipinski definition) is 1. The molecule has 0 atom stereocenters. The molecule has 0 amide bonds. The van der Waals surface area contributed by atoms with E-state index in [0.29, 0.717) is 0 Å². The van der Waals surface area contributed by atoms with Gasteiger partial charge in [0.15, 0.2) is 0 Å². The van der Waals surface area contributed by atoms with Gasteiger partial charge in [0, 0.05) is 12.3 Å². The summed E-state index contributed by atoms with van der Waals surface area (Å²) in [7, 11) is 0. The second kappa shape index (κ2) is 4.86. The predicted molar refractivity (Wildman–Crippen MR) is 48.2 cm³/mol. The average Bonchev–Trinajstić information content (AvgIpc) is 2.14. The van der Waals surface area contributed by atoms with Gasteiger partial charge in [-0.05, 0) is 31.6 Å². The minimum Gasteiger partial charge on any atom is -0.332 e. The Labute approximate surface area is 99.0 Å². The molecule has 18 heavy (non-hydrogen) atoms. The van der Waals surface area contributed by atoms with Crippen molar-refractivity contribution in [1.29, 1.82) is 0 Å². The van der Waals surface area contributed by atoms with Crippen LogP contribution in [0.2, 0.25) is 0 Å². The van der Waals surface area contributed by atoms with Crippen molar-refractivity contribution in [2.24, 2.45) is 11.8 Å². The number of alkyl halides is 7. The highest BCUT2D eigenvalue weighted by molar-refractivity contribution is 4.87. The Bertz CT molecular complexity index is 273. The van der Waals surface area contributed by atoms with Gasteiger partial charge in [0.25, 0.3) is 0 Å². The van der Waals surface area contributed by atoms with Gasteiger partial charge in [-0.15, -0.1) is 0 Å². The minimum atomic E-state index is -5.13. The summed E-state index contributed by atoms with van der Waals surface area (Å²) in [6.45, 7) is 0. The molecule has 0 saturated heterocycles. The van der Waals surface area contributed by atoms with Crippen molar-refractivity contribution >= 4 is 0 Å². The van der Waals surface area contributed by atoms with Crippen LogP contribution in [0.3, 0.4) is 0 Å². The van der Waals surface area contributed by atoms with E-state index in [0.717, 1.165) is 0 Å². The number of aliphatic hydroxyl groups is 1.